The summed E-state index contributed by atoms with van der Waals surface area (Å²) in [7, 11) is 0. The van der Waals surface area contributed by atoms with Crippen LogP contribution in [0.25, 0.3) is 0 Å². The second-order valence-corrected chi connectivity index (χ2v) is 7.22. The van der Waals surface area contributed by atoms with Gasteiger partial charge in [0, 0.05) is 29.0 Å². The number of fused-ring (bicyclic) bond motifs is 2. The van der Waals surface area contributed by atoms with E-state index in [1.807, 2.05) is 24.2 Å². The Kier molecular flexibility index (Phi) is 3.14. The molecule has 0 aliphatic carbocycles. The molecule has 3 rings (SSSR count). The van der Waals surface area contributed by atoms with E-state index in [1.165, 1.54) is 21.6 Å². The molecule has 1 aliphatic heterocycles. The molecule has 0 N–H and O–H groups in total. The minimum atomic E-state index is 0.205. The highest BCUT2D eigenvalue weighted by Crippen LogP contribution is 2.48. The van der Waals surface area contributed by atoms with Gasteiger partial charge < -0.3 is 0 Å². The number of hydrogen-bond acceptors (Lipinski definition) is 2. The first-order valence-electron chi connectivity index (χ1n) is 6.72. The highest BCUT2D eigenvalue weighted by molar-refractivity contribution is 7.98. The zero-order valence-electron chi connectivity index (χ0n) is 11.7. The molecular weight excluding hydrogens is 250 g/mol. The Morgan fingerprint density at radius 3 is 2.68 bits per heavy atom. The van der Waals surface area contributed by atoms with Gasteiger partial charge in [0.05, 0.1) is 0 Å². The number of thioether (sulfide) groups is 1. The molecule has 0 fully saturated rings. The van der Waals surface area contributed by atoms with Crippen LogP contribution < -0.4 is 0 Å². The summed E-state index contributed by atoms with van der Waals surface area (Å²) < 4.78 is 0. The molecule has 0 saturated heterocycles. The molecule has 0 bridgehead atoms. The molecule has 2 aromatic rings. The lowest BCUT2D eigenvalue weighted by Gasteiger charge is -2.32. The Labute approximate surface area is 119 Å². The Morgan fingerprint density at radius 2 is 1.89 bits per heavy atom. The van der Waals surface area contributed by atoms with Gasteiger partial charge in [0.15, 0.2) is 0 Å². The van der Waals surface area contributed by atoms with Crippen molar-refractivity contribution in [2.45, 2.75) is 37.3 Å². The largest absolute Gasteiger partial charge is 0.264 e. The predicted octanol–water partition coefficient (Wildman–Crippen LogP) is 4.87. The Balaban J connectivity index is 2.25. The van der Waals surface area contributed by atoms with E-state index in [-0.39, 0.29) is 5.41 Å². The zero-order valence-corrected chi connectivity index (χ0v) is 12.5. The van der Waals surface area contributed by atoms with E-state index in [0.29, 0.717) is 5.92 Å². The van der Waals surface area contributed by atoms with Crippen molar-refractivity contribution in [1.29, 1.82) is 0 Å². The molecule has 2 heteroatoms. The smallest absolute Gasteiger partial charge is 0.0407 e. The number of nitrogens with zero attached hydrogens (tertiary/aromatic N) is 1. The molecule has 0 radical (unpaired) electrons. The van der Waals surface area contributed by atoms with Gasteiger partial charge in [0.2, 0.25) is 0 Å². The van der Waals surface area contributed by atoms with E-state index < -0.39 is 0 Å². The van der Waals surface area contributed by atoms with Crippen LogP contribution in [0.3, 0.4) is 0 Å². The van der Waals surface area contributed by atoms with Gasteiger partial charge in [0.1, 0.15) is 0 Å². The molecule has 2 heterocycles. The molecule has 1 aromatic heterocycles. The topological polar surface area (TPSA) is 12.9 Å². The van der Waals surface area contributed by atoms with E-state index in [9.17, 15) is 0 Å². The monoisotopic (exact) mass is 269 g/mol. The minimum absolute atomic E-state index is 0.205. The van der Waals surface area contributed by atoms with Crippen LogP contribution in [-0.4, -0.2) is 4.98 Å². The first kappa shape index (κ1) is 12.7. The standard InChI is InChI=1S/C17H19NS/c1-17(2,3)16-13-7-5-4-6-12(13)11-19-15-10-18-9-8-14(15)16/h4-10,16H,11H2,1-3H3. The lowest BCUT2D eigenvalue weighted by molar-refractivity contribution is 0.355. The molecule has 0 saturated carbocycles. The number of benzene rings is 1. The van der Waals surface area contributed by atoms with Gasteiger partial charge in [-0.15, -0.1) is 11.8 Å². The zero-order chi connectivity index (χ0) is 13.5. The third-order valence-electron chi connectivity index (χ3n) is 3.74. The highest BCUT2D eigenvalue weighted by Gasteiger charge is 2.32. The maximum atomic E-state index is 4.30. The van der Waals surface area contributed by atoms with E-state index in [0.717, 1.165) is 5.75 Å². The van der Waals surface area contributed by atoms with Crippen molar-refractivity contribution in [3.05, 3.63) is 59.4 Å². The van der Waals surface area contributed by atoms with Crippen LogP contribution in [0.2, 0.25) is 0 Å². The molecule has 1 unspecified atom stereocenters. The van der Waals surface area contributed by atoms with Gasteiger partial charge in [-0.2, -0.15) is 0 Å². The SMILES string of the molecule is CC(C)(C)C1c2ccccc2CSc2cnccc21. The van der Waals surface area contributed by atoms with E-state index in [2.05, 4.69) is 56.1 Å². The van der Waals surface area contributed by atoms with Crippen LogP contribution in [0.15, 0.2) is 47.6 Å². The van der Waals surface area contributed by atoms with Gasteiger partial charge >= 0.3 is 0 Å². The second-order valence-electron chi connectivity index (χ2n) is 6.20. The van der Waals surface area contributed by atoms with Gasteiger partial charge in [0.25, 0.3) is 0 Å². The average molecular weight is 269 g/mol. The van der Waals surface area contributed by atoms with Crippen LogP contribution in [0.5, 0.6) is 0 Å². The molecular formula is C17H19NS. The molecule has 1 aliphatic rings. The van der Waals surface area contributed by atoms with Crippen molar-refractivity contribution in [2.75, 3.05) is 0 Å². The fourth-order valence-electron chi connectivity index (χ4n) is 2.95. The average Bonchev–Trinajstić information content (AvgIpc) is 2.54. The lowest BCUT2D eigenvalue weighted by atomic mass is 9.72. The molecule has 1 atom stereocenters. The Hall–Kier alpha value is -1.28. The van der Waals surface area contributed by atoms with Gasteiger partial charge in [-0.25, -0.2) is 0 Å². The molecule has 0 spiro atoms. The fourth-order valence-corrected chi connectivity index (χ4v) is 4.01. The maximum absolute atomic E-state index is 4.30. The number of hydrogen-bond donors (Lipinski definition) is 0. The third-order valence-corrected chi connectivity index (χ3v) is 4.85. The summed E-state index contributed by atoms with van der Waals surface area (Å²) in [4.78, 5) is 5.63. The predicted molar refractivity (Wildman–Crippen MR) is 81.5 cm³/mol. The van der Waals surface area contributed by atoms with Crippen molar-refractivity contribution in [3.8, 4) is 0 Å². The summed E-state index contributed by atoms with van der Waals surface area (Å²) in [5.74, 6) is 1.48. The minimum Gasteiger partial charge on any atom is -0.264 e. The van der Waals surface area contributed by atoms with Gasteiger partial charge in [-0.1, -0.05) is 45.0 Å². The summed E-state index contributed by atoms with van der Waals surface area (Å²) >= 11 is 1.91. The van der Waals surface area contributed by atoms with Crippen LogP contribution in [-0.2, 0) is 5.75 Å². The second kappa shape index (κ2) is 4.68. The first-order valence-corrected chi connectivity index (χ1v) is 7.70. The Bertz CT molecular complexity index is 551. The van der Waals surface area contributed by atoms with Crippen LogP contribution in [0.1, 0.15) is 43.4 Å². The summed E-state index contributed by atoms with van der Waals surface area (Å²) in [6.45, 7) is 6.98. The molecule has 1 aromatic carbocycles. The number of aromatic nitrogens is 1. The van der Waals surface area contributed by atoms with Crippen molar-refractivity contribution < 1.29 is 0 Å². The van der Waals surface area contributed by atoms with Crippen LogP contribution in [0.4, 0.5) is 0 Å². The summed E-state index contributed by atoms with van der Waals surface area (Å²) in [6.07, 6.45) is 3.94. The summed E-state index contributed by atoms with van der Waals surface area (Å²) in [5.41, 5.74) is 4.57. The highest BCUT2D eigenvalue weighted by atomic mass is 32.2. The van der Waals surface area contributed by atoms with E-state index in [4.69, 9.17) is 0 Å². The quantitative estimate of drug-likeness (QED) is 0.677. The third kappa shape index (κ3) is 2.30. The van der Waals surface area contributed by atoms with Crippen LogP contribution >= 0.6 is 11.8 Å². The van der Waals surface area contributed by atoms with E-state index >= 15 is 0 Å². The van der Waals surface area contributed by atoms with Crippen molar-refractivity contribution in [2.24, 2.45) is 5.41 Å². The Morgan fingerprint density at radius 1 is 1.11 bits per heavy atom. The lowest BCUT2D eigenvalue weighted by Crippen LogP contribution is -2.20. The maximum Gasteiger partial charge on any atom is 0.0407 e. The summed E-state index contributed by atoms with van der Waals surface area (Å²) in [6, 6.07) is 11.1. The van der Waals surface area contributed by atoms with E-state index in [1.54, 1.807) is 0 Å². The molecule has 0 amide bonds. The van der Waals surface area contributed by atoms with Crippen molar-refractivity contribution in [3.63, 3.8) is 0 Å². The van der Waals surface area contributed by atoms with Gasteiger partial charge in [-0.05, 0) is 28.2 Å². The molecule has 98 valence electrons. The molecule has 1 nitrogen and oxygen atoms in total. The number of pyridine rings is 1. The van der Waals surface area contributed by atoms with Crippen LogP contribution in [0, 0.1) is 5.41 Å². The van der Waals surface area contributed by atoms with Crippen molar-refractivity contribution >= 4 is 11.8 Å². The van der Waals surface area contributed by atoms with Gasteiger partial charge in [-0.3, -0.25) is 4.98 Å². The fraction of sp³-hybridized carbons (Fsp3) is 0.353. The summed E-state index contributed by atoms with van der Waals surface area (Å²) in [5, 5.41) is 0. The number of rotatable bonds is 0. The normalized spacial score (nSPS) is 18.4. The first-order chi connectivity index (χ1) is 9.07. The molecule has 19 heavy (non-hydrogen) atoms. The van der Waals surface area contributed by atoms with Crippen molar-refractivity contribution in [1.82, 2.24) is 4.98 Å².